The fourth-order valence-electron chi connectivity index (χ4n) is 3.67. The van der Waals surface area contributed by atoms with Crippen molar-refractivity contribution in [1.29, 1.82) is 0 Å². The Balaban J connectivity index is 1.55. The van der Waals surface area contributed by atoms with Gasteiger partial charge in [0.2, 0.25) is 5.91 Å². The number of ether oxygens (including phenoxy) is 1. The van der Waals surface area contributed by atoms with Gasteiger partial charge in [0.1, 0.15) is 5.75 Å². The molecule has 0 bridgehead atoms. The zero-order valence-corrected chi connectivity index (χ0v) is 16.4. The monoisotopic (exact) mass is 380 g/mol. The van der Waals surface area contributed by atoms with Gasteiger partial charge in [0, 0.05) is 30.1 Å². The minimum absolute atomic E-state index is 0.116. The highest BCUT2D eigenvalue weighted by atomic mass is 16.5. The molecule has 1 aliphatic rings. The first-order valence-electron chi connectivity index (χ1n) is 9.98. The fraction of sp³-hybridized carbons (Fsp3) is 0.391. The molecule has 0 aromatic heterocycles. The Morgan fingerprint density at radius 3 is 2.39 bits per heavy atom. The van der Waals surface area contributed by atoms with Gasteiger partial charge in [-0.15, -0.1) is 0 Å². The second-order valence-electron chi connectivity index (χ2n) is 7.16. The maximum Gasteiger partial charge on any atom is 0.251 e. The van der Waals surface area contributed by atoms with E-state index in [0.29, 0.717) is 18.7 Å². The van der Waals surface area contributed by atoms with Crippen LogP contribution in [0, 0.1) is 5.92 Å². The molecule has 0 atom stereocenters. The molecule has 2 aromatic carbocycles. The lowest BCUT2D eigenvalue weighted by atomic mass is 9.89. The Kier molecular flexibility index (Phi) is 7.06. The van der Waals surface area contributed by atoms with Crippen LogP contribution < -0.4 is 15.4 Å². The van der Waals surface area contributed by atoms with Crippen LogP contribution in [0.4, 0.5) is 0 Å². The van der Waals surface area contributed by atoms with Gasteiger partial charge < -0.3 is 15.4 Å². The summed E-state index contributed by atoms with van der Waals surface area (Å²) in [5, 5.41) is 5.82. The summed E-state index contributed by atoms with van der Waals surface area (Å²) in [6.07, 6.45) is 5.46. The van der Waals surface area contributed by atoms with E-state index in [4.69, 9.17) is 4.74 Å². The van der Waals surface area contributed by atoms with Crippen molar-refractivity contribution in [3.05, 3.63) is 54.1 Å². The van der Waals surface area contributed by atoms with Gasteiger partial charge in [-0.2, -0.15) is 0 Å². The molecule has 5 nitrogen and oxygen atoms in total. The van der Waals surface area contributed by atoms with Crippen LogP contribution in [0.5, 0.6) is 5.75 Å². The van der Waals surface area contributed by atoms with Gasteiger partial charge in [-0.25, -0.2) is 0 Å². The molecule has 148 valence electrons. The molecule has 28 heavy (non-hydrogen) atoms. The van der Waals surface area contributed by atoms with Gasteiger partial charge in [-0.1, -0.05) is 49.6 Å². The highest BCUT2D eigenvalue weighted by Crippen LogP contribution is 2.30. The van der Waals surface area contributed by atoms with Crippen molar-refractivity contribution >= 4 is 11.8 Å². The van der Waals surface area contributed by atoms with Crippen LogP contribution in [-0.2, 0) is 4.79 Å². The average Bonchev–Trinajstić information content (AvgIpc) is 2.77. The quantitative estimate of drug-likeness (QED) is 0.718. The maximum absolute atomic E-state index is 12.5. The summed E-state index contributed by atoms with van der Waals surface area (Å²) in [4.78, 5) is 24.7. The maximum atomic E-state index is 12.5. The number of methoxy groups -OCH3 is 1. The molecule has 5 heteroatoms. The highest BCUT2D eigenvalue weighted by molar-refractivity contribution is 5.96. The molecule has 0 spiro atoms. The summed E-state index contributed by atoms with van der Waals surface area (Å²) >= 11 is 0. The average molecular weight is 380 g/mol. The first kappa shape index (κ1) is 19.9. The molecular weight excluding hydrogens is 352 g/mol. The van der Waals surface area contributed by atoms with Crippen molar-refractivity contribution in [1.82, 2.24) is 10.6 Å². The van der Waals surface area contributed by atoms with Crippen molar-refractivity contribution in [3.8, 4) is 16.9 Å². The minimum Gasteiger partial charge on any atom is -0.496 e. The number of hydrogen-bond acceptors (Lipinski definition) is 3. The zero-order chi connectivity index (χ0) is 19.8. The Hall–Kier alpha value is -2.82. The first-order chi connectivity index (χ1) is 13.7. The lowest BCUT2D eigenvalue weighted by Gasteiger charge is -2.20. The SMILES string of the molecule is COc1ccc(C(=O)NCCNC(=O)C2CCCCC2)cc1-c1ccccc1. The smallest absolute Gasteiger partial charge is 0.251 e. The summed E-state index contributed by atoms with van der Waals surface area (Å²) in [7, 11) is 1.62. The summed E-state index contributed by atoms with van der Waals surface area (Å²) in [6.45, 7) is 0.854. The van der Waals surface area contributed by atoms with E-state index in [1.54, 1.807) is 13.2 Å². The van der Waals surface area contributed by atoms with Gasteiger partial charge in [0.15, 0.2) is 0 Å². The summed E-state index contributed by atoms with van der Waals surface area (Å²) < 4.78 is 5.44. The predicted octanol–water partition coefficient (Wildman–Crippen LogP) is 3.79. The van der Waals surface area contributed by atoms with Crippen molar-refractivity contribution in [2.75, 3.05) is 20.2 Å². The number of nitrogens with one attached hydrogen (secondary N) is 2. The summed E-state index contributed by atoms with van der Waals surface area (Å²) in [5.74, 6) is 0.818. The van der Waals surface area contributed by atoms with Crippen molar-refractivity contribution in [3.63, 3.8) is 0 Å². The third-order valence-electron chi connectivity index (χ3n) is 5.23. The number of benzene rings is 2. The number of carbonyl (C=O) groups is 2. The lowest BCUT2D eigenvalue weighted by Crippen LogP contribution is -2.38. The largest absolute Gasteiger partial charge is 0.496 e. The molecule has 2 N–H and O–H groups in total. The lowest BCUT2D eigenvalue weighted by molar-refractivity contribution is -0.125. The predicted molar refractivity (Wildman–Crippen MR) is 110 cm³/mol. The Bertz CT molecular complexity index is 799. The van der Waals surface area contributed by atoms with Gasteiger partial charge >= 0.3 is 0 Å². The Morgan fingerprint density at radius 2 is 1.68 bits per heavy atom. The van der Waals surface area contributed by atoms with Gasteiger partial charge in [-0.3, -0.25) is 9.59 Å². The van der Waals surface area contributed by atoms with Crippen molar-refractivity contribution in [2.24, 2.45) is 5.92 Å². The molecule has 1 saturated carbocycles. The van der Waals surface area contributed by atoms with E-state index >= 15 is 0 Å². The number of rotatable bonds is 7. The number of hydrogen-bond donors (Lipinski definition) is 2. The summed E-state index contributed by atoms with van der Waals surface area (Å²) in [6, 6.07) is 15.2. The second kappa shape index (κ2) is 9.93. The molecule has 0 heterocycles. The van der Waals surface area contributed by atoms with Crippen LogP contribution in [0.2, 0.25) is 0 Å². The third kappa shape index (κ3) is 5.12. The van der Waals surface area contributed by atoms with E-state index in [1.165, 1.54) is 6.42 Å². The van der Waals surface area contributed by atoms with E-state index in [1.807, 2.05) is 42.5 Å². The number of carbonyl (C=O) groups excluding carboxylic acids is 2. The first-order valence-corrected chi connectivity index (χ1v) is 9.98. The summed E-state index contributed by atoms with van der Waals surface area (Å²) in [5.41, 5.74) is 2.44. The van der Waals surface area contributed by atoms with E-state index in [2.05, 4.69) is 10.6 Å². The van der Waals surface area contributed by atoms with Crippen LogP contribution in [0.25, 0.3) is 11.1 Å². The molecule has 0 aliphatic heterocycles. The molecule has 1 aliphatic carbocycles. The van der Waals surface area contributed by atoms with Gasteiger partial charge in [0.25, 0.3) is 5.91 Å². The molecule has 2 aromatic rings. The number of amides is 2. The van der Waals surface area contributed by atoms with E-state index < -0.39 is 0 Å². The molecule has 0 saturated heterocycles. The molecule has 3 rings (SSSR count). The standard InChI is InChI=1S/C23H28N2O3/c1-28-21-13-12-19(16-20(21)17-8-4-2-5-9-17)23(27)25-15-14-24-22(26)18-10-6-3-7-11-18/h2,4-5,8-9,12-13,16,18H,3,6-7,10-11,14-15H2,1H3,(H,24,26)(H,25,27). The molecule has 0 unspecified atom stereocenters. The second-order valence-corrected chi connectivity index (χ2v) is 7.16. The van der Waals surface area contributed by atoms with E-state index in [9.17, 15) is 9.59 Å². The molecule has 2 amide bonds. The molecule has 0 radical (unpaired) electrons. The van der Waals surface area contributed by atoms with Crippen LogP contribution >= 0.6 is 0 Å². The van der Waals surface area contributed by atoms with Crippen LogP contribution in [0.15, 0.2) is 48.5 Å². The third-order valence-corrected chi connectivity index (χ3v) is 5.23. The van der Waals surface area contributed by atoms with Gasteiger partial charge in [0.05, 0.1) is 7.11 Å². The zero-order valence-electron chi connectivity index (χ0n) is 16.4. The Morgan fingerprint density at radius 1 is 0.964 bits per heavy atom. The normalized spacial score (nSPS) is 14.3. The molecular formula is C23H28N2O3. The topological polar surface area (TPSA) is 67.4 Å². The van der Waals surface area contributed by atoms with E-state index in [-0.39, 0.29) is 17.7 Å². The van der Waals surface area contributed by atoms with E-state index in [0.717, 1.165) is 42.6 Å². The Labute approximate surface area is 166 Å². The fourth-order valence-corrected chi connectivity index (χ4v) is 3.67. The minimum atomic E-state index is -0.160. The van der Waals surface area contributed by atoms with Crippen LogP contribution in [0.3, 0.4) is 0 Å². The molecule has 1 fully saturated rings. The highest BCUT2D eigenvalue weighted by Gasteiger charge is 2.20. The van der Waals surface area contributed by atoms with Gasteiger partial charge in [-0.05, 0) is 36.6 Å². The van der Waals surface area contributed by atoms with Crippen molar-refractivity contribution in [2.45, 2.75) is 32.1 Å². The van der Waals surface area contributed by atoms with Crippen LogP contribution in [0.1, 0.15) is 42.5 Å². The van der Waals surface area contributed by atoms with Crippen LogP contribution in [-0.4, -0.2) is 32.0 Å². The van der Waals surface area contributed by atoms with Crippen molar-refractivity contribution < 1.29 is 14.3 Å².